The molecule has 5 heteroatoms. The number of amidine groups is 1. The first kappa shape index (κ1) is 12.2. The SMILES string of the molecule is CCCCOC(=O)NC(=N)c1cccnc1. The van der Waals surface area contributed by atoms with Gasteiger partial charge in [-0.25, -0.2) is 4.79 Å². The molecule has 1 heterocycles. The minimum Gasteiger partial charge on any atom is -0.449 e. The molecule has 1 aromatic heterocycles. The zero-order chi connectivity index (χ0) is 11.8. The summed E-state index contributed by atoms with van der Waals surface area (Å²) in [5, 5.41) is 9.93. The van der Waals surface area contributed by atoms with Crippen LogP contribution in [0.25, 0.3) is 0 Å². The van der Waals surface area contributed by atoms with Crippen molar-refractivity contribution in [2.45, 2.75) is 19.8 Å². The molecule has 16 heavy (non-hydrogen) atoms. The summed E-state index contributed by atoms with van der Waals surface area (Å²) in [6, 6.07) is 3.40. The van der Waals surface area contributed by atoms with Gasteiger partial charge in [-0.05, 0) is 18.6 Å². The van der Waals surface area contributed by atoms with Crippen molar-refractivity contribution < 1.29 is 9.53 Å². The van der Waals surface area contributed by atoms with E-state index in [0.29, 0.717) is 12.2 Å². The van der Waals surface area contributed by atoms with Crippen LogP contribution >= 0.6 is 0 Å². The van der Waals surface area contributed by atoms with Gasteiger partial charge in [0.05, 0.1) is 6.61 Å². The third-order valence-electron chi connectivity index (χ3n) is 1.91. The number of rotatable bonds is 4. The summed E-state index contributed by atoms with van der Waals surface area (Å²) in [5.74, 6) is -0.00500. The molecule has 0 spiro atoms. The van der Waals surface area contributed by atoms with E-state index < -0.39 is 6.09 Å². The molecule has 0 aliphatic carbocycles. The molecule has 2 N–H and O–H groups in total. The van der Waals surface area contributed by atoms with E-state index in [1.807, 2.05) is 6.92 Å². The van der Waals surface area contributed by atoms with Crippen LogP contribution in [-0.4, -0.2) is 23.5 Å². The lowest BCUT2D eigenvalue weighted by atomic mass is 10.3. The highest BCUT2D eigenvalue weighted by atomic mass is 16.5. The first-order valence-corrected chi connectivity index (χ1v) is 5.16. The second-order valence-corrected chi connectivity index (χ2v) is 3.23. The number of carbonyl (C=O) groups excluding carboxylic acids is 1. The maximum absolute atomic E-state index is 11.2. The van der Waals surface area contributed by atoms with Crippen LogP contribution in [0.1, 0.15) is 25.3 Å². The Morgan fingerprint density at radius 2 is 2.44 bits per heavy atom. The first-order chi connectivity index (χ1) is 7.74. The summed E-state index contributed by atoms with van der Waals surface area (Å²) >= 11 is 0. The monoisotopic (exact) mass is 221 g/mol. The van der Waals surface area contributed by atoms with E-state index in [4.69, 9.17) is 10.1 Å². The van der Waals surface area contributed by atoms with Gasteiger partial charge in [-0.15, -0.1) is 0 Å². The minimum absolute atomic E-state index is 0.00500. The molecule has 1 amide bonds. The number of hydrogen-bond acceptors (Lipinski definition) is 4. The van der Waals surface area contributed by atoms with Gasteiger partial charge in [0.25, 0.3) is 0 Å². The number of hydrogen-bond donors (Lipinski definition) is 2. The zero-order valence-corrected chi connectivity index (χ0v) is 9.19. The summed E-state index contributed by atoms with van der Waals surface area (Å²) in [7, 11) is 0. The Bertz CT molecular complexity index is 352. The van der Waals surface area contributed by atoms with Crippen molar-refractivity contribution in [2.24, 2.45) is 0 Å². The van der Waals surface area contributed by atoms with Gasteiger partial charge in [-0.3, -0.25) is 15.7 Å². The molecular weight excluding hydrogens is 206 g/mol. The van der Waals surface area contributed by atoms with Crippen LogP contribution in [0.4, 0.5) is 4.79 Å². The summed E-state index contributed by atoms with van der Waals surface area (Å²) in [4.78, 5) is 15.1. The standard InChI is InChI=1S/C11H15N3O2/c1-2-3-7-16-11(15)14-10(12)9-5-4-6-13-8-9/h4-6,8H,2-3,7H2,1H3,(H2,12,14,15). The number of alkyl carbamates (subject to hydrolysis) is 1. The van der Waals surface area contributed by atoms with Gasteiger partial charge in [0.2, 0.25) is 0 Å². The minimum atomic E-state index is -0.595. The average Bonchev–Trinajstić information content (AvgIpc) is 2.30. The fourth-order valence-electron chi connectivity index (χ4n) is 1.03. The summed E-state index contributed by atoms with van der Waals surface area (Å²) in [6.45, 7) is 2.39. The highest BCUT2D eigenvalue weighted by Crippen LogP contribution is 1.95. The number of aromatic nitrogens is 1. The fraction of sp³-hybridized carbons (Fsp3) is 0.364. The lowest BCUT2D eigenvalue weighted by molar-refractivity contribution is 0.150. The predicted octanol–water partition coefficient (Wildman–Crippen LogP) is 1.93. The van der Waals surface area contributed by atoms with Crippen molar-refractivity contribution in [1.82, 2.24) is 10.3 Å². The quantitative estimate of drug-likeness (QED) is 0.463. The van der Waals surface area contributed by atoms with E-state index in [0.717, 1.165) is 12.8 Å². The summed E-state index contributed by atoms with van der Waals surface area (Å²) < 4.78 is 4.86. The number of unbranched alkanes of at least 4 members (excludes halogenated alkanes) is 1. The van der Waals surface area contributed by atoms with Crippen LogP contribution in [0.2, 0.25) is 0 Å². The largest absolute Gasteiger partial charge is 0.449 e. The third kappa shape index (κ3) is 4.08. The predicted molar refractivity (Wildman–Crippen MR) is 60.5 cm³/mol. The smallest absolute Gasteiger partial charge is 0.412 e. The Kier molecular flexibility index (Phi) is 4.98. The van der Waals surface area contributed by atoms with Crippen molar-refractivity contribution in [3.8, 4) is 0 Å². The molecule has 0 fully saturated rings. The van der Waals surface area contributed by atoms with Crippen LogP contribution in [-0.2, 0) is 4.74 Å². The molecule has 0 unspecified atom stereocenters. The van der Waals surface area contributed by atoms with Crippen LogP contribution in [0.15, 0.2) is 24.5 Å². The number of nitrogens with zero attached hydrogens (tertiary/aromatic N) is 1. The molecule has 5 nitrogen and oxygen atoms in total. The normalized spacial score (nSPS) is 9.56. The molecule has 0 saturated carbocycles. The Balaban J connectivity index is 2.37. The molecule has 0 aromatic carbocycles. The van der Waals surface area contributed by atoms with E-state index in [1.165, 1.54) is 6.20 Å². The van der Waals surface area contributed by atoms with E-state index in [2.05, 4.69) is 10.3 Å². The van der Waals surface area contributed by atoms with E-state index >= 15 is 0 Å². The van der Waals surface area contributed by atoms with Crippen molar-refractivity contribution in [2.75, 3.05) is 6.61 Å². The number of nitrogens with one attached hydrogen (secondary N) is 2. The molecule has 1 rings (SSSR count). The maximum Gasteiger partial charge on any atom is 0.412 e. The zero-order valence-electron chi connectivity index (χ0n) is 9.19. The van der Waals surface area contributed by atoms with Crippen molar-refractivity contribution >= 4 is 11.9 Å². The van der Waals surface area contributed by atoms with Gasteiger partial charge in [-0.1, -0.05) is 13.3 Å². The van der Waals surface area contributed by atoms with Crippen molar-refractivity contribution in [3.05, 3.63) is 30.1 Å². The Labute approximate surface area is 94.4 Å². The molecule has 0 bridgehead atoms. The lowest BCUT2D eigenvalue weighted by Gasteiger charge is -2.07. The third-order valence-corrected chi connectivity index (χ3v) is 1.91. The van der Waals surface area contributed by atoms with Crippen molar-refractivity contribution in [3.63, 3.8) is 0 Å². The van der Waals surface area contributed by atoms with Gasteiger partial charge in [0.15, 0.2) is 0 Å². The average molecular weight is 221 g/mol. The Morgan fingerprint density at radius 3 is 3.06 bits per heavy atom. The molecule has 86 valence electrons. The van der Waals surface area contributed by atoms with E-state index in [1.54, 1.807) is 18.3 Å². The molecule has 1 aromatic rings. The van der Waals surface area contributed by atoms with Crippen molar-refractivity contribution in [1.29, 1.82) is 5.41 Å². The molecule has 0 atom stereocenters. The molecule has 0 aliphatic rings. The molecule has 0 saturated heterocycles. The van der Waals surface area contributed by atoms with Gasteiger partial charge < -0.3 is 4.74 Å². The highest BCUT2D eigenvalue weighted by molar-refractivity contribution is 6.04. The Morgan fingerprint density at radius 1 is 1.62 bits per heavy atom. The molecule has 0 aliphatic heterocycles. The summed E-state index contributed by atoms with van der Waals surface area (Å²) in [5.41, 5.74) is 0.551. The van der Waals surface area contributed by atoms with Crippen LogP contribution in [0.3, 0.4) is 0 Å². The fourth-order valence-corrected chi connectivity index (χ4v) is 1.03. The second-order valence-electron chi connectivity index (χ2n) is 3.23. The first-order valence-electron chi connectivity index (χ1n) is 5.16. The van der Waals surface area contributed by atoms with Gasteiger partial charge in [0, 0.05) is 18.0 Å². The van der Waals surface area contributed by atoms with Gasteiger partial charge in [-0.2, -0.15) is 0 Å². The van der Waals surface area contributed by atoms with Gasteiger partial charge in [0.1, 0.15) is 5.84 Å². The lowest BCUT2D eigenvalue weighted by Crippen LogP contribution is -2.31. The number of carbonyl (C=O) groups is 1. The highest BCUT2D eigenvalue weighted by Gasteiger charge is 2.06. The number of pyridine rings is 1. The van der Waals surface area contributed by atoms with Crippen LogP contribution in [0.5, 0.6) is 0 Å². The Hall–Kier alpha value is -1.91. The number of ether oxygens (including phenoxy) is 1. The van der Waals surface area contributed by atoms with Crippen LogP contribution in [0, 0.1) is 5.41 Å². The van der Waals surface area contributed by atoms with Gasteiger partial charge >= 0.3 is 6.09 Å². The topological polar surface area (TPSA) is 75.1 Å². The molecular formula is C11H15N3O2. The maximum atomic E-state index is 11.2. The van der Waals surface area contributed by atoms with E-state index in [9.17, 15) is 4.79 Å². The second kappa shape index (κ2) is 6.55. The number of amides is 1. The van der Waals surface area contributed by atoms with Crippen LogP contribution < -0.4 is 5.32 Å². The summed E-state index contributed by atoms with van der Waals surface area (Å²) in [6.07, 6.45) is 4.31. The van der Waals surface area contributed by atoms with E-state index in [-0.39, 0.29) is 5.84 Å². The molecule has 0 radical (unpaired) electrons.